The highest BCUT2D eigenvalue weighted by atomic mass is 16.2. The van der Waals surface area contributed by atoms with Crippen LogP contribution in [0.25, 0.3) is 0 Å². The van der Waals surface area contributed by atoms with Gasteiger partial charge in [-0.2, -0.15) is 5.10 Å². The predicted octanol–water partition coefficient (Wildman–Crippen LogP) is 3.95. The van der Waals surface area contributed by atoms with Gasteiger partial charge in [0.05, 0.1) is 0 Å². The fourth-order valence-corrected chi connectivity index (χ4v) is 3.12. The van der Waals surface area contributed by atoms with Crippen LogP contribution >= 0.6 is 0 Å². The number of nitrogens with one attached hydrogen (secondary N) is 2. The van der Waals surface area contributed by atoms with Gasteiger partial charge >= 0.3 is 11.8 Å². The molecule has 0 radical (unpaired) electrons. The monoisotopic (exact) mass is 343 g/mol. The molecule has 0 spiro atoms. The van der Waals surface area contributed by atoms with Crippen LogP contribution in [0.4, 0.5) is 5.69 Å². The third-order valence-electron chi connectivity index (χ3n) is 5.07. The first-order valence-electron chi connectivity index (χ1n) is 8.91. The summed E-state index contributed by atoms with van der Waals surface area (Å²) in [4.78, 5) is 23.9. The summed E-state index contributed by atoms with van der Waals surface area (Å²) in [5.41, 5.74) is 6.48. The van der Waals surface area contributed by atoms with Gasteiger partial charge in [-0.3, -0.25) is 9.59 Å². The van der Waals surface area contributed by atoms with E-state index in [0.717, 1.165) is 42.5 Å². The van der Waals surface area contributed by atoms with E-state index in [-0.39, 0.29) is 0 Å². The van der Waals surface area contributed by atoms with E-state index in [0.29, 0.717) is 17.0 Å². The van der Waals surface area contributed by atoms with E-state index in [1.807, 2.05) is 26.0 Å². The second-order valence-corrected chi connectivity index (χ2v) is 8.01. The zero-order valence-electron chi connectivity index (χ0n) is 15.9. The van der Waals surface area contributed by atoms with Crippen LogP contribution in [0, 0.1) is 25.2 Å². The Balaban J connectivity index is 1.85. The minimum absolute atomic E-state index is 0.306. The van der Waals surface area contributed by atoms with E-state index in [1.165, 1.54) is 0 Å². The van der Waals surface area contributed by atoms with Crippen LogP contribution < -0.4 is 10.7 Å². The summed E-state index contributed by atoms with van der Waals surface area (Å²) in [6, 6.07) is 5.55. The number of hydrazone groups is 1. The SMILES string of the molecule is Cc1ccc(NC(=O)C(=O)NN=C2CCC(C(C)(C)C)CC2)cc1C. The smallest absolute Gasteiger partial charge is 0.318 e. The van der Waals surface area contributed by atoms with Crippen molar-refractivity contribution in [3.05, 3.63) is 29.3 Å². The Morgan fingerprint density at radius 3 is 2.24 bits per heavy atom. The lowest BCUT2D eigenvalue weighted by Crippen LogP contribution is -2.34. The summed E-state index contributed by atoms with van der Waals surface area (Å²) in [5, 5.41) is 6.75. The van der Waals surface area contributed by atoms with Gasteiger partial charge in [-0.15, -0.1) is 0 Å². The van der Waals surface area contributed by atoms with Gasteiger partial charge in [-0.05, 0) is 74.1 Å². The second kappa shape index (κ2) is 7.81. The lowest BCUT2D eigenvalue weighted by molar-refractivity contribution is -0.136. The van der Waals surface area contributed by atoms with Gasteiger partial charge in [0.15, 0.2) is 0 Å². The van der Waals surface area contributed by atoms with Crippen molar-refractivity contribution in [2.75, 3.05) is 5.32 Å². The molecule has 2 N–H and O–H groups in total. The van der Waals surface area contributed by atoms with E-state index in [1.54, 1.807) is 6.07 Å². The van der Waals surface area contributed by atoms with Gasteiger partial charge < -0.3 is 5.32 Å². The van der Waals surface area contributed by atoms with Crippen molar-refractivity contribution in [2.45, 2.75) is 60.3 Å². The van der Waals surface area contributed by atoms with Crippen LogP contribution in [0.3, 0.4) is 0 Å². The number of anilines is 1. The van der Waals surface area contributed by atoms with Crippen LogP contribution in [0.5, 0.6) is 0 Å². The summed E-state index contributed by atoms with van der Waals surface area (Å²) in [6.07, 6.45) is 3.90. The molecule has 5 heteroatoms. The summed E-state index contributed by atoms with van der Waals surface area (Å²) in [6.45, 7) is 10.7. The molecule has 1 saturated carbocycles. The average Bonchev–Trinajstić information content (AvgIpc) is 2.55. The van der Waals surface area contributed by atoms with Gasteiger partial charge in [0.2, 0.25) is 0 Å². The normalized spacial score (nSPS) is 17.8. The third-order valence-corrected chi connectivity index (χ3v) is 5.07. The van der Waals surface area contributed by atoms with Gasteiger partial charge in [-0.1, -0.05) is 26.8 Å². The minimum Gasteiger partial charge on any atom is -0.318 e. The summed E-state index contributed by atoms with van der Waals surface area (Å²) in [7, 11) is 0. The Labute approximate surface area is 150 Å². The quantitative estimate of drug-likeness (QED) is 0.630. The van der Waals surface area contributed by atoms with Crippen LogP contribution in [0.2, 0.25) is 0 Å². The second-order valence-electron chi connectivity index (χ2n) is 8.01. The van der Waals surface area contributed by atoms with Gasteiger partial charge in [0, 0.05) is 11.4 Å². The Bertz CT molecular complexity index is 677. The largest absolute Gasteiger partial charge is 0.329 e. The highest BCUT2D eigenvalue weighted by Gasteiger charge is 2.28. The van der Waals surface area contributed by atoms with Crippen LogP contribution in [0.1, 0.15) is 57.6 Å². The maximum atomic E-state index is 12.0. The fourth-order valence-electron chi connectivity index (χ4n) is 3.12. The standard InChI is InChI=1S/C20H29N3O2/c1-13-6-9-17(12-14(13)2)21-18(24)19(25)23-22-16-10-7-15(8-11-16)20(3,4)5/h6,9,12,15H,7-8,10-11H2,1-5H3,(H,21,24)(H,23,25). The van der Waals surface area contributed by atoms with Gasteiger partial charge in [0.1, 0.15) is 0 Å². The van der Waals surface area contributed by atoms with Gasteiger partial charge in [-0.25, -0.2) is 5.43 Å². The summed E-state index contributed by atoms with van der Waals surface area (Å²) in [5.74, 6) is -0.755. The van der Waals surface area contributed by atoms with Crippen molar-refractivity contribution >= 4 is 23.2 Å². The number of carbonyl (C=O) groups is 2. The maximum absolute atomic E-state index is 12.0. The van der Waals surface area contributed by atoms with E-state index in [9.17, 15) is 9.59 Å². The van der Waals surface area contributed by atoms with Crippen molar-refractivity contribution in [1.82, 2.24) is 5.43 Å². The molecule has 25 heavy (non-hydrogen) atoms. The molecule has 2 amide bonds. The highest BCUT2D eigenvalue weighted by molar-refractivity contribution is 6.39. The Morgan fingerprint density at radius 1 is 1.04 bits per heavy atom. The molecular formula is C20H29N3O2. The van der Waals surface area contributed by atoms with Crippen LogP contribution in [-0.4, -0.2) is 17.5 Å². The fraction of sp³-hybridized carbons (Fsp3) is 0.550. The molecule has 0 aromatic heterocycles. The van der Waals surface area contributed by atoms with Crippen molar-refractivity contribution in [2.24, 2.45) is 16.4 Å². The van der Waals surface area contributed by atoms with E-state index < -0.39 is 11.8 Å². The van der Waals surface area contributed by atoms with Crippen molar-refractivity contribution < 1.29 is 9.59 Å². The van der Waals surface area contributed by atoms with Gasteiger partial charge in [0.25, 0.3) is 0 Å². The highest BCUT2D eigenvalue weighted by Crippen LogP contribution is 2.36. The van der Waals surface area contributed by atoms with E-state index in [2.05, 4.69) is 36.6 Å². The van der Waals surface area contributed by atoms with E-state index >= 15 is 0 Å². The Kier molecular flexibility index (Phi) is 5.98. The Morgan fingerprint density at radius 2 is 1.68 bits per heavy atom. The number of nitrogens with zero attached hydrogens (tertiary/aromatic N) is 1. The molecule has 1 aromatic rings. The molecular weight excluding hydrogens is 314 g/mol. The van der Waals surface area contributed by atoms with E-state index in [4.69, 9.17) is 0 Å². The third kappa shape index (κ3) is 5.41. The number of aryl methyl sites for hydroxylation is 2. The zero-order valence-corrected chi connectivity index (χ0v) is 15.9. The first-order chi connectivity index (χ1) is 11.7. The van der Waals surface area contributed by atoms with Crippen molar-refractivity contribution in [1.29, 1.82) is 0 Å². The number of rotatable bonds is 2. The number of amides is 2. The number of benzene rings is 1. The first kappa shape index (κ1) is 19.2. The predicted molar refractivity (Wildman–Crippen MR) is 102 cm³/mol. The molecule has 1 aromatic carbocycles. The molecule has 1 aliphatic rings. The molecule has 0 bridgehead atoms. The molecule has 0 heterocycles. The molecule has 2 rings (SSSR count). The molecule has 5 nitrogen and oxygen atoms in total. The summed E-state index contributed by atoms with van der Waals surface area (Å²) < 4.78 is 0. The average molecular weight is 343 g/mol. The molecule has 0 unspecified atom stereocenters. The zero-order chi connectivity index (χ0) is 18.6. The number of hydrogen-bond acceptors (Lipinski definition) is 3. The lowest BCUT2D eigenvalue weighted by atomic mass is 9.72. The minimum atomic E-state index is -0.733. The van der Waals surface area contributed by atoms with Crippen molar-refractivity contribution in [3.63, 3.8) is 0 Å². The maximum Gasteiger partial charge on any atom is 0.329 e. The molecule has 0 aliphatic heterocycles. The number of carbonyl (C=O) groups excluding carboxylic acids is 2. The molecule has 1 fully saturated rings. The first-order valence-corrected chi connectivity index (χ1v) is 8.91. The molecule has 136 valence electrons. The number of hydrogen-bond donors (Lipinski definition) is 2. The molecule has 1 aliphatic carbocycles. The lowest BCUT2D eigenvalue weighted by Gasteiger charge is -2.34. The van der Waals surface area contributed by atoms with Crippen molar-refractivity contribution in [3.8, 4) is 0 Å². The summed E-state index contributed by atoms with van der Waals surface area (Å²) >= 11 is 0. The van der Waals surface area contributed by atoms with Crippen LogP contribution in [-0.2, 0) is 9.59 Å². The Hall–Kier alpha value is -2.17. The van der Waals surface area contributed by atoms with Crippen LogP contribution in [0.15, 0.2) is 23.3 Å². The molecule has 0 saturated heterocycles. The topological polar surface area (TPSA) is 70.6 Å². The molecule has 0 atom stereocenters.